The minimum atomic E-state index is -0.298. The number of amides is 3. The second-order valence-electron chi connectivity index (χ2n) is 3.30. The third-order valence-electron chi connectivity index (χ3n) is 1.74. The summed E-state index contributed by atoms with van der Waals surface area (Å²) in [5.41, 5.74) is 4.49. The van der Waals surface area contributed by atoms with Gasteiger partial charge in [-0.1, -0.05) is 6.92 Å². The van der Waals surface area contributed by atoms with Gasteiger partial charge in [-0.15, -0.1) is 0 Å². The zero-order valence-electron chi connectivity index (χ0n) is 10.2. The molecule has 17 heavy (non-hydrogen) atoms. The van der Waals surface area contributed by atoms with Gasteiger partial charge in [0.2, 0.25) is 17.7 Å². The maximum atomic E-state index is 11.1. The van der Waals surface area contributed by atoms with Crippen LogP contribution < -0.4 is 16.2 Å². The summed E-state index contributed by atoms with van der Waals surface area (Å²) in [6, 6.07) is 0. The summed E-state index contributed by atoms with van der Waals surface area (Å²) in [6.45, 7) is 3.74. The highest BCUT2D eigenvalue weighted by atomic mass is 32.2. The number of hydrazine groups is 1. The number of nitrogens with one attached hydrogen (secondary N) is 3. The van der Waals surface area contributed by atoms with Gasteiger partial charge in [-0.05, 0) is 0 Å². The molecule has 0 unspecified atom stereocenters. The Morgan fingerprint density at radius 2 is 1.76 bits per heavy atom. The fourth-order valence-electron chi connectivity index (χ4n) is 0.875. The molecule has 0 radical (unpaired) electrons. The quantitative estimate of drug-likeness (QED) is 0.437. The zero-order chi connectivity index (χ0) is 13.1. The number of rotatable bonds is 7. The van der Waals surface area contributed by atoms with Crippen molar-refractivity contribution < 1.29 is 14.4 Å². The van der Waals surface area contributed by atoms with Gasteiger partial charge in [0.25, 0.3) is 0 Å². The van der Waals surface area contributed by atoms with Crippen molar-refractivity contribution in [2.75, 3.05) is 18.1 Å². The van der Waals surface area contributed by atoms with Crippen LogP contribution in [-0.4, -0.2) is 35.8 Å². The molecule has 0 aliphatic carbocycles. The second-order valence-corrected chi connectivity index (χ2v) is 4.52. The first-order valence-corrected chi connectivity index (χ1v) is 6.61. The molecule has 0 bridgehead atoms. The van der Waals surface area contributed by atoms with E-state index in [9.17, 15) is 14.4 Å². The summed E-state index contributed by atoms with van der Waals surface area (Å²) in [5, 5.41) is 2.74. The van der Waals surface area contributed by atoms with E-state index in [-0.39, 0.29) is 17.7 Å². The van der Waals surface area contributed by atoms with Gasteiger partial charge < -0.3 is 5.32 Å². The van der Waals surface area contributed by atoms with Crippen LogP contribution in [0.2, 0.25) is 0 Å². The Morgan fingerprint density at radius 1 is 1.06 bits per heavy atom. The molecule has 0 heterocycles. The van der Waals surface area contributed by atoms with Crippen LogP contribution in [0.3, 0.4) is 0 Å². The van der Waals surface area contributed by atoms with Crippen molar-refractivity contribution in [2.45, 2.75) is 26.7 Å². The number of hydrogen-bond donors (Lipinski definition) is 3. The molecule has 98 valence electrons. The Balaban J connectivity index is 3.30. The van der Waals surface area contributed by atoms with E-state index in [1.165, 1.54) is 6.92 Å². The summed E-state index contributed by atoms with van der Waals surface area (Å²) < 4.78 is 0. The average molecular weight is 261 g/mol. The lowest BCUT2D eigenvalue weighted by Crippen LogP contribution is -2.40. The molecule has 0 saturated carbocycles. The highest BCUT2D eigenvalue weighted by molar-refractivity contribution is 7.99. The van der Waals surface area contributed by atoms with Gasteiger partial charge in [0.1, 0.15) is 0 Å². The van der Waals surface area contributed by atoms with E-state index in [0.717, 1.165) is 5.75 Å². The van der Waals surface area contributed by atoms with Crippen LogP contribution in [0.5, 0.6) is 0 Å². The van der Waals surface area contributed by atoms with Gasteiger partial charge in [0.15, 0.2) is 0 Å². The van der Waals surface area contributed by atoms with Gasteiger partial charge >= 0.3 is 0 Å². The Labute approximate surface area is 105 Å². The Kier molecular flexibility index (Phi) is 9.22. The first kappa shape index (κ1) is 15.8. The van der Waals surface area contributed by atoms with E-state index >= 15 is 0 Å². The summed E-state index contributed by atoms with van der Waals surface area (Å²) in [4.78, 5) is 32.5. The maximum absolute atomic E-state index is 11.1. The van der Waals surface area contributed by atoms with E-state index < -0.39 is 0 Å². The summed E-state index contributed by atoms with van der Waals surface area (Å²) in [5.74, 6) is 0.958. The molecule has 3 N–H and O–H groups in total. The monoisotopic (exact) mass is 261 g/mol. The van der Waals surface area contributed by atoms with Crippen LogP contribution in [0.4, 0.5) is 0 Å². The van der Waals surface area contributed by atoms with E-state index in [4.69, 9.17) is 0 Å². The second kappa shape index (κ2) is 9.95. The zero-order valence-corrected chi connectivity index (χ0v) is 11.0. The first-order valence-electron chi connectivity index (χ1n) is 5.46. The fraction of sp³-hybridized carbons (Fsp3) is 0.700. The van der Waals surface area contributed by atoms with Crippen molar-refractivity contribution in [3.8, 4) is 0 Å². The topological polar surface area (TPSA) is 87.3 Å². The molecule has 0 fully saturated rings. The third-order valence-corrected chi connectivity index (χ3v) is 2.73. The largest absolute Gasteiger partial charge is 0.355 e. The lowest BCUT2D eigenvalue weighted by atomic mass is 10.4. The number of carbonyl (C=O) groups excluding carboxylic acids is 3. The molecule has 0 rings (SSSR count). The van der Waals surface area contributed by atoms with E-state index in [0.29, 0.717) is 25.1 Å². The molecule has 0 saturated heterocycles. The lowest BCUT2D eigenvalue weighted by molar-refractivity contribution is -0.127. The van der Waals surface area contributed by atoms with Gasteiger partial charge in [0.05, 0.1) is 0 Å². The van der Waals surface area contributed by atoms with Gasteiger partial charge in [-0.25, -0.2) is 0 Å². The normalized spacial score (nSPS) is 9.53. The first-order chi connectivity index (χ1) is 8.06. The molecule has 0 aliphatic heterocycles. The molecule has 0 aromatic heterocycles. The molecule has 0 spiro atoms. The van der Waals surface area contributed by atoms with Gasteiger partial charge in [-0.3, -0.25) is 25.2 Å². The molecule has 0 aromatic carbocycles. The van der Waals surface area contributed by atoms with Crippen molar-refractivity contribution >= 4 is 29.5 Å². The van der Waals surface area contributed by atoms with E-state index in [2.05, 4.69) is 16.2 Å². The van der Waals surface area contributed by atoms with Crippen LogP contribution in [0, 0.1) is 0 Å². The minimum Gasteiger partial charge on any atom is -0.355 e. The van der Waals surface area contributed by atoms with Crippen LogP contribution in [0.15, 0.2) is 0 Å². The van der Waals surface area contributed by atoms with Gasteiger partial charge in [-0.2, -0.15) is 11.8 Å². The molecule has 0 atom stereocenters. The standard InChI is InChI=1S/C10H19N3O3S/c1-3-9(15)11-5-7-17-6-4-10(16)13-12-8(2)14/h3-7H2,1-2H3,(H,11,15)(H,12,14)(H,13,16). The van der Waals surface area contributed by atoms with Crippen LogP contribution in [0.25, 0.3) is 0 Å². The summed E-state index contributed by atoms with van der Waals surface area (Å²) >= 11 is 1.58. The van der Waals surface area contributed by atoms with Gasteiger partial charge in [0, 0.05) is 37.8 Å². The highest BCUT2D eigenvalue weighted by Gasteiger charge is 2.01. The number of hydrogen-bond acceptors (Lipinski definition) is 4. The molecule has 6 nitrogen and oxygen atoms in total. The van der Waals surface area contributed by atoms with Crippen molar-refractivity contribution in [3.63, 3.8) is 0 Å². The molecule has 7 heteroatoms. The molecular formula is C10H19N3O3S. The minimum absolute atomic E-state index is 0.0361. The van der Waals surface area contributed by atoms with E-state index in [1.807, 2.05) is 0 Å². The number of carbonyl (C=O) groups is 3. The molecular weight excluding hydrogens is 242 g/mol. The Morgan fingerprint density at radius 3 is 2.35 bits per heavy atom. The Hall–Kier alpha value is -1.24. The third kappa shape index (κ3) is 11.0. The van der Waals surface area contributed by atoms with Crippen molar-refractivity contribution in [1.29, 1.82) is 0 Å². The van der Waals surface area contributed by atoms with Crippen LogP contribution in [-0.2, 0) is 14.4 Å². The predicted molar refractivity (Wildman–Crippen MR) is 67.2 cm³/mol. The fourth-order valence-corrected chi connectivity index (χ4v) is 1.66. The SMILES string of the molecule is CCC(=O)NCCSCCC(=O)NNC(C)=O. The summed E-state index contributed by atoms with van der Waals surface area (Å²) in [6.07, 6.45) is 0.830. The predicted octanol–water partition coefficient (Wildman–Crippen LogP) is -0.197. The van der Waals surface area contributed by atoms with Crippen LogP contribution in [0.1, 0.15) is 26.7 Å². The smallest absolute Gasteiger partial charge is 0.239 e. The Bertz CT molecular complexity index is 272. The highest BCUT2D eigenvalue weighted by Crippen LogP contribution is 2.00. The van der Waals surface area contributed by atoms with Crippen molar-refractivity contribution in [2.24, 2.45) is 0 Å². The average Bonchev–Trinajstić information content (AvgIpc) is 2.30. The van der Waals surface area contributed by atoms with Crippen molar-refractivity contribution in [3.05, 3.63) is 0 Å². The van der Waals surface area contributed by atoms with Crippen molar-refractivity contribution in [1.82, 2.24) is 16.2 Å². The molecule has 3 amide bonds. The van der Waals surface area contributed by atoms with E-state index in [1.54, 1.807) is 18.7 Å². The maximum Gasteiger partial charge on any atom is 0.239 e. The summed E-state index contributed by atoms with van der Waals surface area (Å²) in [7, 11) is 0. The molecule has 0 aromatic rings. The lowest BCUT2D eigenvalue weighted by Gasteiger charge is -2.05. The van der Waals surface area contributed by atoms with Crippen LogP contribution >= 0.6 is 11.8 Å². The number of thioether (sulfide) groups is 1. The molecule has 0 aliphatic rings.